The zero-order valence-electron chi connectivity index (χ0n) is 36.3. The van der Waals surface area contributed by atoms with E-state index in [1.807, 2.05) is 0 Å². The van der Waals surface area contributed by atoms with E-state index in [1.165, 1.54) is 16.7 Å². The van der Waals surface area contributed by atoms with E-state index in [-0.39, 0.29) is 0 Å². The fourth-order valence-corrected chi connectivity index (χ4v) is 9.21. The van der Waals surface area contributed by atoms with E-state index in [2.05, 4.69) is 267 Å². The molecule has 10 aromatic carbocycles. The van der Waals surface area contributed by atoms with Gasteiger partial charge in [-0.25, -0.2) is 9.97 Å². The summed E-state index contributed by atoms with van der Waals surface area (Å²) >= 11 is 0. The molecule has 0 saturated carbocycles. The Hall–Kier alpha value is -8.72. The molecule has 0 aliphatic carbocycles. The van der Waals surface area contributed by atoms with E-state index in [0.29, 0.717) is 5.82 Å². The maximum absolute atomic E-state index is 5.45. The van der Waals surface area contributed by atoms with Gasteiger partial charge in [0, 0.05) is 16.7 Å². The lowest BCUT2D eigenvalue weighted by molar-refractivity contribution is 1.18. The molecule has 1 heterocycles. The third-order valence-corrected chi connectivity index (χ3v) is 12.3. The maximum Gasteiger partial charge on any atom is 0.160 e. The standard InChI is InChI=1S/C64H44N2/c1-7-23-45(24-8-1)51-35-21-37-53(41-51)59-44-60(56-40-20-19-39-55(56)46-25-9-2-10-26-46)66-64(65-59)54-38-22-36-52(42-54)58-43-57(47-27-11-3-12-28-47)61(48-29-13-4-14-30-48)63(50-33-17-6-18-34-50)62(58)49-31-15-5-16-32-49/h1-44H. The minimum atomic E-state index is 0.658. The first kappa shape index (κ1) is 40.1. The highest BCUT2D eigenvalue weighted by atomic mass is 14.9. The Morgan fingerprint density at radius 3 is 1.11 bits per heavy atom. The van der Waals surface area contributed by atoms with E-state index in [9.17, 15) is 0 Å². The Morgan fingerprint density at radius 1 is 0.182 bits per heavy atom. The van der Waals surface area contributed by atoms with E-state index in [4.69, 9.17) is 9.97 Å². The first-order valence-corrected chi connectivity index (χ1v) is 22.5. The molecule has 0 spiro atoms. The molecule has 11 aromatic rings. The van der Waals surface area contributed by atoms with Crippen molar-refractivity contribution in [1.82, 2.24) is 9.97 Å². The van der Waals surface area contributed by atoms with Crippen molar-refractivity contribution in [2.24, 2.45) is 0 Å². The lowest BCUT2D eigenvalue weighted by Gasteiger charge is -2.24. The molecule has 310 valence electrons. The third kappa shape index (κ3) is 8.05. The molecule has 2 nitrogen and oxygen atoms in total. The summed E-state index contributed by atoms with van der Waals surface area (Å²) in [7, 11) is 0. The second-order valence-electron chi connectivity index (χ2n) is 16.5. The Morgan fingerprint density at radius 2 is 0.545 bits per heavy atom. The molecule has 11 rings (SSSR count). The molecule has 0 bridgehead atoms. The van der Waals surface area contributed by atoms with Crippen LogP contribution in [-0.4, -0.2) is 9.97 Å². The molecule has 2 heteroatoms. The van der Waals surface area contributed by atoms with Gasteiger partial charge in [0.25, 0.3) is 0 Å². The Kier molecular flexibility index (Phi) is 11.0. The second kappa shape index (κ2) is 18.2. The number of nitrogens with zero attached hydrogens (tertiary/aromatic N) is 2. The number of rotatable bonds is 10. The van der Waals surface area contributed by atoms with Crippen molar-refractivity contribution < 1.29 is 0 Å². The van der Waals surface area contributed by atoms with Gasteiger partial charge in [0.15, 0.2) is 5.82 Å². The lowest BCUT2D eigenvalue weighted by Crippen LogP contribution is -1.99. The number of hydrogen-bond donors (Lipinski definition) is 0. The average molecular weight is 841 g/mol. The largest absolute Gasteiger partial charge is 0.228 e. The van der Waals surface area contributed by atoms with Crippen molar-refractivity contribution in [3.05, 3.63) is 267 Å². The molecule has 0 amide bonds. The van der Waals surface area contributed by atoms with E-state index in [0.717, 1.165) is 89.3 Å². The van der Waals surface area contributed by atoms with Gasteiger partial charge in [-0.2, -0.15) is 0 Å². The van der Waals surface area contributed by atoms with Crippen molar-refractivity contribution >= 4 is 0 Å². The van der Waals surface area contributed by atoms with Crippen LogP contribution in [0.3, 0.4) is 0 Å². The molecule has 0 atom stereocenters. The SMILES string of the molecule is c1ccc(-c2cccc(-c3cc(-c4ccccc4-c4ccccc4)nc(-c4cccc(-c5cc(-c6ccccc6)c(-c6ccccc6)c(-c6ccccc6)c5-c5ccccc5)c4)n3)c2)cc1. The second-order valence-corrected chi connectivity index (χ2v) is 16.5. The molecule has 0 fully saturated rings. The summed E-state index contributed by atoms with van der Waals surface area (Å²) in [5.41, 5.74) is 20.8. The maximum atomic E-state index is 5.45. The Bertz CT molecular complexity index is 3420. The van der Waals surface area contributed by atoms with E-state index < -0.39 is 0 Å². The minimum absolute atomic E-state index is 0.658. The van der Waals surface area contributed by atoms with E-state index in [1.54, 1.807) is 0 Å². The molecule has 0 aliphatic rings. The first-order chi connectivity index (χ1) is 32.7. The summed E-state index contributed by atoms with van der Waals surface area (Å²) in [6.07, 6.45) is 0. The van der Waals surface area contributed by atoms with Gasteiger partial charge in [0.1, 0.15) is 0 Å². The smallest absolute Gasteiger partial charge is 0.160 e. The van der Waals surface area contributed by atoms with Crippen molar-refractivity contribution in [3.63, 3.8) is 0 Å². The van der Waals surface area contributed by atoms with Gasteiger partial charge >= 0.3 is 0 Å². The molecule has 1 aromatic heterocycles. The summed E-state index contributed by atoms with van der Waals surface area (Å²) in [6, 6.07) is 95.0. The van der Waals surface area contributed by atoms with Crippen molar-refractivity contribution in [1.29, 1.82) is 0 Å². The van der Waals surface area contributed by atoms with Gasteiger partial charge in [-0.05, 0) is 102 Å². The van der Waals surface area contributed by atoms with E-state index >= 15 is 0 Å². The zero-order valence-corrected chi connectivity index (χ0v) is 36.3. The summed E-state index contributed by atoms with van der Waals surface area (Å²) in [6.45, 7) is 0. The number of benzene rings is 10. The van der Waals surface area contributed by atoms with Gasteiger partial charge in [-0.3, -0.25) is 0 Å². The van der Waals surface area contributed by atoms with Crippen molar-refractivity contribution in [2.45, 2.75) is 0 Å². The monoisotopic (exact) mass is 840 g/mol. The molecule has 0 aliphatic heterocycles. The third-order valence-electron chi connectivity index (χ3n) is 12.3. The summed E-state index contributed by atoms with van der Waals surface area (Å²) in [4.78, 5) is 10.9. The van der Waals surface area contributed by atoms with Crippen LogP contribution < -0.4 is 0 Å². The highest BCUT2D eigenvalue weighted by Crippen LogP contribution is 2.50. The normalized spacial score (nSPS) is 11.0. The Balaban J connectivity index is 1.17. The predicted octanol–water partition coefficient (Wildman–Crippen LogP) is 17.1. The molecule has 66 heavy (non-hydrogen) atoms. The zero-order chi connectivity index (χ0) is 44.1. The van der Waals surface area contributed by atoms with Crippen LogP contribution in [0.25, 0.3) is 112 Å². The Labute approximate surface area is 386 Å². The van der Waals surface area contributed by atoms with Crippen LogP contribution in [0.15, 0.2) is 267 Å². The summed E-state index contributed by atoms with van der Waals surface area (Å²) in [5, 5.41) is 0. The van der Waals surface area contributed by atoms with Crippen LogP contribution in [0.2, 0.25) is 0 Å². The molecule has 0 N–H and O–H groups in total. The van der Waals surface area contributed by atoms with Gasteiger partial charge in [0.05, 0.1) is 11.4 Å². The quantitative estimate of drug-likeness (QED) is 0.137. The predicted molar refractivity (Wildman–Crippen MR) is 276 cm³/mol. The van der Waals surface area contributed by atoms with Crippen molar-refractivity contribution in [3.8, 4) is 112 Å². The molecule has 0 saturated heterocycles. The number of aromatic nitrogens is 2. The molecular weight excluding hydrogens is 797 g/mol. The minimum Gasteiger partial charge on any atom is -0.228 e. The first-order valence-electron chi connectivity index (χ1n) is 22.5. The lowest BCUT2D eigenvalue weighted by atomic mass is 9.79. The van der Waals surface area contributed by atoms with Crippen LogP contribution in [0.4, 0.5) is 0 Å². The van der Waals surface area contributed by atoms with Crippen LogP contribution in [0.5, 0.6) is 0 Å². The summed E-state index contributed by atoms with van der Waals surface area (Å²) in [5.74, 6) is 0.658. The van der Waals surface area contributed by atoms with Crippen LogP contribution in [-0.2, 0) is 0 Å². The number of hydrogen-bond acceptors (Lipinski definition) is 2. The van der Waals surface area contributed by atoms with Crippen LogP contribution in [0.1, 0.15) is 0 Å². The fourth-order valence-electron chi connectivity index (χ4n) is 9.21. The molecular formula is C64H44N2. The molecule has 0 unspecified atom stereocenters. The fraction of sp³-hybridized carbons (Fsp3) is 0. The summed E-state index contributed by atoms with van der Waals surface area (Å²) < 4.78 is 0. The topological polar surface area (TPSA) is 25.8 Å². The van der Waals surface area contributed by atoms with Crippen molar-refractivity contribution in [2.75, 3.05) is 0 Å². The molecule has 0 radical (unpaired) electrons. The van der Waals surface area contributed by atoms with Gasteiger partial charge in [0.2, 0.25) is 0 Å². The van der Waals surface area contributed by atoms with Gasteiger partial charge in [-0.1, -0.05) is 243 Å². The van der Waals surface area contributed by atoms with Crippen LogP contribution >= 0.6 is 0 Å². The highest BCUT2D eigenvalue weighted by molar-refractivity contribution is 6.07. The van der Waals surface area contributed by atoms with Crippen LogP contribution in [0, 0.1) is 0 Å². The highest BCUT2D eigenvalue weighted by Gasteiger charge is 2.24. The van der Waals surface area contributed by atoms with Gasteiger partial charge < -0.3 is 0 Å². The van der Waals surface area contributed by atoms with Gasteiger partial charge in [-0.15, -0.1) is 0 Å². The average Bonchev–Trinajstić information content (AvgIpc) is 3.41.